The number of likely N-dealkylation sites (N-methyl/N-ethyl adjacent to an activating group) is 1. The summed E-state index contributed by atoms with van der Waals surface area (Å²) in [6, 6.07) is 4.14. The van der Waals surface area contributed by atoms with Crippen LogP contribution >= 0.6 is 0 Å². The van der Waals surface area contributed by atoms with Crippen molar-refractivity contribution in [3.63, 3.8) is 0 Å². The summed E-state index contributed by atoms with van der Waals surface area (Å²) in [5.74, 6) is 2.09. The Morgan fingerprint density at radius 2 is 1.78 bits per heavy atom. The van der Waals surface area contributed by atoms with Gasteiger partial charge in [0, 0.05) is 45.8 Å². The van der Waals surface area contributed by atoms with Crippen LogP contribution in [0.15, 0.2) is 12.1 Å². The molecule has 2 fully saturated rings. The van der Waals surface area contributed by atoms with Crippen molar-refractivity contribution < 1.29 is 4.79 Å². The van der Waals surface area contributed by atoms with Crippen LogP contribution in [0.5, 0.6) is 0 Å². The Labute approximate surface area is 163 Å². The van der Waals surface area contributed by atoms with Crippen molar-refractivity contribution in [2.24, 2.45) is 5.92 Å². The van der Waals surface area contributed by atoms with Gasteiger partial charge in [-0.3, -0.25) is 4.79 Å². The first-order valence-electron chi connectivity index (χ1n) is 10.5. The molecule has 2 aliphatic heterocycles. The third-order valence-electron chi connectivity index (χ3n) is 5.73. The van der Waals surface area contributed by atoms with E-state index in [9.17, 15) is 4.79 Å². The lowest BCUT2D eigenvalue weighted by atomic mass is 9.97. The van der Waals surface area contributed by atoms with E-state index in [1.54, 1.807) is 0 Å². The molecule has 1 atom stereocenters. The molecule has 3 heterocycles. The number of hydrogen-bond acceptors (Lipinski definition) is 6. The van der Waals surface area contributed by atoms with Crippen LogP contribution in [0.25, 0.3) is 0 Å². The van der Waals surface area contributed by atoms with Crippen LogP contribution in [0.1, 0.15) is 39.5 Å². The van der Waals surface area contributed by atoms with Crippen LogP contribution in [0.3, 0.4) is 0 Å². The first kappa shape index (κ1) is 19.9. The zero-order chi connectivity index (χ0) is 19.1. The molecule has 1 N–H and O–H groups in total. The maximum Gasteiger partial charge on any atom is 0.224 e. The van der Waals surface area contributed by atoms with Crippen LogP contribution in [-0.2, 0) is 4.79 Å². The van der Waals surface area contributed by atoms with Gasteiger partial charge in [-0.15, -0.1) is 10.2 Å². The summed E-state index contributed by atoms with van der Waals surface area (Å²) in [6.07, 6.45) is 4.13. The van der Waals surface area contributed by atoms with E-state index >= 15 is 0 Å². The molecule has 0 aliphatic carbocycles. The SMILES string of the molecule is CCCCNC(=O)C1CCCN(c2ccc(N3CCN(CC)CC3)nn2)C1. The molecule has 1 amide bonds. The monoisotopic (exact) mass is 374 g/mol. The van der Waals surface area contributed by atoms with Gasteiger partial charge in [-0.2, -0.15) is 0 Å². The molecule has 27 heavy (non-hydrogen) atoms. The second kappa shape index (κ2) is 9.88. The molecular formula is C20H34N6O. The molecule has 7 nitrogen and oxygen atoms in total. The summed E-state index contributed by atoms with van der Waals surface area (Å²) >= 11 is 0. The lowest BCUT2D eigenvalue weighted by molar-refractivity contribution is -0.125. The molecule has 2 saturated heterocycles. The molecule has 2 aliphatic rings. The molecule has 150 valence electrons. The Kier molecular flexibility index (Phi) is 7.26. The van der Waals surface area contributed by atoms with Gasteiger partial charge >= 0.3 is 0 Å². The highest BCUT2D eigenvalue weighted by atomic mass is 16.1. The highest BCUT2D eigenvalue weighted by molar-refractivity contribution is 5.79. The lowest BCUT2D eigenvalue weighted by Crippen LogP contribution is -2.46. The number of carbonyl (C=O) groups is 1. The quantitative estimate of drug-likeness (QED) is 0.734. The van der Waals surface area contributed by atoms with Crippen LogP contribution < -0.4 is 15.1 Å². The van der Waals surface area contributed by atoms with E-state index in [1.807, 2.05) is 0 Å². The van der Waals surface area contributed by atoms with Gasteiger partial charge in [-0.05, 0) is 37.9 Å². The first-order chi connectivity index (χ1) is 13.2. The first-order valence-corrected chi connectivity index (χ1v) is 10.5. The summed E-state index contributed by atoms with van der Waals surface area (Å²) < 4.78 is 0. The molecule has 0 aromatic carbocycles. The topological polar surface area (TPSA) is 64.6 Å². The zero-order valence-corrected chi connectivity index (χ0v) is 16.9. The number of nitrogens with zero attached hydrogens (tertiary/aromatic N) is 5. The fraction of sp³-hybridized carbons (Fsp3) is 0.750. The number of amides is 1. The third-order valence-corrected chi connectivity index (χ3v) is 5.73. The van der Waals surface area contributed by atoms with Crippen molar-refractivity contribution in [1.29, 1.82) is 0 Å². The fourth-order valence-electron chi connectivity index (χ4n) is 3.88. The summed E-state index contributed by atoms with van der Waals surface area (Å²) in [7, 11) is 0. The Morgan fingerprint density at radius 3 is 2.41 bits per heavy atom. The lowest BCUT2D eigenvalue weighted by Gasteiger charge is -2.35. The highest BCUT2D eigenvalue weighted by Crippen LogP contribution is 2.23. The second-order valence-corrected chi connectivity index (χ2v) is 7.60. The molecule has 0 radical (unpaired) electrons. The van der Waals surface area contributed by atoms with Crippen LogP contribution in [0.4, 0.5) is 11.6 Å². The van der Waals surface area contributed by atoms with Crippen molar-refractivity contribution in [3.05, 3.63) is 12.1 Å². The van der Waals surface area contributed by atoms with E-state index in [0.29, 0.717) is 0 Å². The van der Waals surface area contributed by atoms with Gasteiger partial charge in [0.2, 0.25) is 5.91 Å². The molecule has 1 unspecified atom stereocenters. The number of piperazine rings is 1. The second-order valence-electron chi connectivity index (χ2n) is 7.60. The minimum absolute atomic E-state index is 0.0548. The predicted octanol–water partition coefficient (Wildman–Crippen LogP) is 1.75. The number of nitrogens with one attached hydrogen (secondary N) is 1. The van der Waals surface area contributed by atoms with Gasteiger partial charge < -0.3 is 20.0 Å². The molecule has 1 aromatic heterocycles. The number of aromatic nitrogens is 2. The van der Waals surface area contributed by atoms with Gasteiger partial charge in [0.05, 0.1) is 5.92 Å². The van der Waals surface area contributed by atoms with E-state index in [0.717, 1.165) is 89.7 Å². The minimum Gasteiger partial charge on any atom is -0.356 e. The van der Waals surface area contributed by atoms with Crippen molar-refractivity contribution in [2.45, 2.75) is 39.5 Å². The Balaban J connectivity index is 1.54. The van der Waals surface area contributed by atoms with Gasteiger partial charge in [0.15, 0.2) is 11.6 Å². The third kappa shape index (κ3) is 5.31. The van der Waals surface area contributed by atoms with Gasteiger partial charge in [0.1, 0.15) is 0 Å². The van der Waals surface area contributed by atoms with Gasteiger partial charge in [-0.25, -0.2) is 0 Å². The summed E-state index contributed by atoms with van der Waals surface area (Å²) in [5, 5.41) is 12.0. The van der Waals surface area contributed by atoms with E-state index in [2.05, 4.69) is 56.2 Å². The van der Waals surface area contributed by atoms with Crippen LogP contribution in [0, 0.1) is 5.92 Å². The van der Waals surface area contributed by atoms with Crippen molar-refractivity contribution in [1.82, 2.24) is 20.4 Å². The minimum atomic E-state index is 0.0548. The molecule has 0 spiro atoms. The van der Waals surface area contributed by atoms with E-state index in [4.69, 9.17) is 0 Å². The molecule has 1 aromatic rings. The predicted molar refractivity (Wildman–Crippen MR) is 109 cm³/mol. The number of unbranched alkanes of at least 4 members (excludes halogenated alkanes) is 1. The molecule has 7 heteroatoms. The van der Waals surface area contributed by atoms with Crippen molar-refractivity contribution >= 4 is 17.5 Å². The van der Waals surface area contributed by atoms with Crippen LogP contribution in [-0.4, -0.2) is 73.4 Å². The number of piperidine rings is 1. The molecule has 3 rings (SSSR count). The molecule has 0 bridgehead atoms. The summed E-state index contributed by atoms with van der Waals surface area (Å²) in [4.78, 5) is 19.3. The number of rotatable bonds is 7. The van der Waals surface area contributed by atoms with E-state index in [1.165, 1.54) is 0 Å². The Hall–Kier alpha value is -1.89. The molecule has 0 saturated carbocycles. The number of carbonyl (C=O) groups excluding carboxylic acids is 1. The van der Waals surface area contributed by atoms with Crippen molar-refractivity contribution in [2.75, 3.05) is 62.2 Å². The Morgan fingerprint density at radius 1 is 1.07 bits per heavy atom. The maximum absolute atomic E-state index is 12.4. The fourth-order valence-corrected chi connectivity index (χ4v) is 3.88. The standard InChI is InChI=1S/C20H34N6O/c1-3-5-10-21-20(27)17-7-6-11-26(16-17)19-9-8-18(22-23-19)25-14-12-24(4-2)13-15-25/h8-9,17H,3-7,10-16H2,1-2H3,(H,21,27). The van der Waals surface area contributed by atoms with Gasteiger partial charge in [0.25, 0.3) is 0 Å². The van der Waals surface area contributed by atoms with E-state index in [-0.39, 0.29) is 11.8 Å². The smallest absolute Gasteiger partial charge is 0.224 e. The average molecular weight is 375 g/mol. The highest BCUT2D eigenvalue weighted by Gasteiger charge is 2.26. The van der Waals surface area contributed by atoms with Crippen molar-refractivity contribution in [3.8, 4) is 0 Å². The Bertz CT molecular complexity index is 585. The largest absolute Gasteiger partial charge is 0.356 e. The number of anilines is 2. The normalized spacial score (nSPS) is 21.3. The van der Waals surface area contributed by atoms with Crippen LogP contribution in [0.2, 0.25) is 0 Å². The van der Waals surface area contributed by atoms with E-state index < -0.39 is 0 Å². The average Bonchev–Trinajstić information content (AvgIpc) is 2.74. The zero-order valence-electron chi connectivity index (χ0n) is 16.9. The maximum atomic E-state index is 12.4. The molecular weight excluding hydrogens is 340 g/mol. The summed E-state index contributed by atoms with van der Waals surface area (Å²) in [5.41, 5.74) is 0. The number of hydrogen-bond donors (Lipinski definition) is 1. The summed E-state index contributed by atoms with van der Waals surface area (Å²) in [6.45, 7) is 12.1. The van der Waals surface area contributed by atoms with Gasteiger partial charge in [-0.1, -0.05) is 20.3 Å².